The van der Waals surface area contributed by atoms with E-state index in [0.29, 0.717) is 0 Å². The fourth-order valence-electron chi connectivity index (χ4n) is 14.8. The van der Waals surface area contributed by atoms with Gasteiger partial charge >= 0.3 is 415 Å². The molecule has 2 unspecified atom stereocenters. The van der Waals surface area contributed by atoms with Crippen LogP contribution in [0.15, 0.2) is 83.9 Å². The van der Waals surface area contributed by atoms with Crippen molar-refractivity contribution in [1.29, 1.82) is 0 Å². The Morgan fingerprint density at radius 2 is 0.833 bits per heavy atom. The minimum absolute atomic E-state index is 0.0931. The maximum absolute atomic E-state index is 9.49. The van der Waals surface area contributed by atoms with Crippen molar-refractivity contribution < 1.29 is 15.6 Å². The Morgan fingerprint density at radius 3 is 1.15 bits per heavy atom. The SMILES string of the molecule is CCCC1(CC2=Cc3c(-c4cc(C)cc(C)c4)cccc3[CH]2[Zr]([Cl])([Cl])([CH]2C(CC3(CCC)CCCCCCCC3)=Cc3c(-c4cc(C)cc(C)c4)cccc32)[SiH](C)C)CCCCCCCC1. The molecular weight excluding hydrogens is 935 g/mol. The zero-order chi connectivity index (χ0) is 46.7. The fourth-order valence-corrected chi connectivity index (χ4v) is 46.0. The summed E-state index contributed by atoms with van der Waals surface area (Å²) < 4.78 is 0.186. The van der Waals surface area contributed by atoms with Gasteiger partial charge in [0.15, 0.2) is 0 Å². The Kier molecular flexibility index (Phi) is 16.2. The van der Waals surface area contributed by atoms with Gasteiger partial charge in [-0.1, -0.05) is 0 Å². The maximum atomic E-state index is 9.49. The Balaban J connectivity index is 1.39. The molecule has 0 amide bonds. The van der Waals surface area contributed by atoms with Gasteiger partial charge in [-0.05, 0) is 0 Å². The molecule has 0 aliphatic heterocycles. The Morgan fingerprint density at radius 1 is 0.500 bits per heavy atom. The normalized spacial score (nSPS) is 21.8. The van der Waals surface area contributed by atoms with Gasteiger partial charge in [-0.15, -0.1) is 0 Å². The van der Waals surface area contributed by atoms with Gasteiger partial charge < -0.3 is 0 Å². The van der Waals surface area contributed by atoms with Gasteiger partial charge in [0.1, 0.15) is 0 Å². The summed E-state index contributed by atoms with van der Waals surface area (Å²) in [5.41, 5.74) is 20.2. The molecule has 8 rings (SSSR count). The topological polar surface area (TPSA) is 0 Å². The number of halogens is 2. The summed E-state index contributed by atoms with van der Waals surface area (Å²) in [6.45, 7) is 19.1. The van der Waals surface area contributed by atoms with Gasteiger partial charge in [-0.25, -0.2) is 0 Å². The van der Waals surface area contributed by atoms with Crippen molar-refractivity contribution in [2.75, 3.05) is 0 Å². The van der Waals surface area contributed by atoms with Gasteiger partial charge in [-0.3, -0.25) is 0 Å². The quantitative estimate of drug-likeness (QED) is 0.117. The van der Waals surface area contributed by atoms with E-state index < -0.39 is 21.5 Å². The molecule has 0 nitrogen and oxygen atoms in total. The first kappa shape index (κ1) is 50.4. The van der Waals surface area contributed by atoms with Crippen LogP contribution in [0.3, 0.4) is 0 Å². The molecule has 0 saturated heterocycles. The molecule has 66 heavy (non-hydrogen) atoms. The zero-order valence-corrected chi connectivity index (χ0v) is 47.8. The van der Waals surface area contributed by atoms with Gasteiger partial charge in [0.2, 0.25) is 0 Å². The minimum atomic E-state index is -5.23. The van der Waals surface area contributed by atoms with E-state index in [1.54, 1.807) is 11.1 Å². The molecule has 2 atom stereocenters. The van der Waals surface area contributed by atoms with Crippen molar-refractivity contribution >= 4 is 35.1 Å². The molecule has 2 fully saturated rings. The first-order chi connectivity index (χ1) is 31.7. The van der Waals surface area contributed by atoms with Crippen LogP contribution in [0.2, 0.25) is 13.1 Å². The number of fused-ring (bicyclic) bond motifs is 2. The van der Waals surface area contributed by atoms with E-state index in [1.165, 1.54) is 195 Å². The molecule has 0 heterocycles. The van der Waals surface area contributed by atoms with E-state index in [4.69, 9.17) is 0 Å². The van der Waals surface area contributed by atoms with Crippen molar-refractivity contribution in [1.82, 2.24) is 0 Å². The van der Waals surface area contributed by atoms with Gasteiger partial charge in [0.25, 0.3) is 0 Å². The number of rotatable bonds is 13. The molecule has 355 valence electrons. The van der Waals surface area contributed by atoms with Crippen molar-refractivity contribution in [3.63, 3.8) is 0 Å². The first-order valence-electron chi connectivity index (χ1n) is 27.1. The summed E-state index contributed by atoms with van der Waals surface area (Å²) in [7, 11) is 19.0. The Hall–Kier alpha value is -1.96. The van der Waals surface area contributed by atoms with Crippen LogP contribution in [0.5, 0.6) is 0 Å². The number of aryl methyl sites for hydroxylation is 4. The van der Waals surface area contributed by atoms with E-state index in [0.717, 1.165) is 12.8 Å². The molecular formula is C62H85Cl2SiZr. The number of allylic oxidation sites excluding steroid dienone is 2. The van der Waals surface area contributed by atoms with Crippen LogP contribution in [-0.2, 0) is 15.6 Å². The van der Waals surface area contributed by atoms with Crippen LogP contribution in [-0.4, -0.2) is 5.92 Å². The second-order valence-corrected chi connectivity index (χ2v) is 65.7. The average Bonchev–Trinajstić information content (AvgIpc) is 3.88. The Bertz CT molecular complexity index is 2190. The van der Waals surface area contributed by atoms with Gasteiger partial charge in [0, 0.05) is 0 Å². The van der Waals surface area contributed by atoms with E-state index in [-0.39, 0.29) is 18.1 Å². The van der Waals surface area contributed by atoms with Crippen molar-refractivity contribution in [2.24, 2.45) is 10.8 Å². The molecule has 4 heteroatoms. The molecule has 2 saturated carbocycles. The molecule has 0 N–H and O–H groups in total. The van der Waals surface area contributed by atoms with Crippen LogP contribution in [0.4, 0.5) is 0 Å². The third-order valence-corrected chi connectivity index (χ3v) is 69.5. The predicted octanol–water partition coefficient (Wildman–Crippen LogP) is 20.4. The van der Waals surface area contributed by atoms with Crippen molar-refractivity contribution in [3.05, 3.63) is 128 Å². The fraction of sp³-hybridized carbons (Fsp3) is 0.548. The van der Waals surface area contributed by atoms with Crippen LogP contribution in [0.1, 0.15) is 207 Å². The summed E-state index contributed by atoms with van der Waals surface area (Å²) in [6.07, 6.45) is 34.5. The monoisotopic (exact) mass is 1020 g/mol. The zero-order valence-electron chi connectivity index (χ0n) is 42.6. The van der Waals surface area contributed by atoms with Crippen molar-refractivity contribution in [3.8, 4) is 22.3 Å². The summed E-state index contributed by atoms with van der Waals surface area (Å²) in [5.74, 6) is -1.81. The molecule has 0 aromatic heterocycles. The number of benzene rings is 4. The summed E-state index contributed by atoms with van der Waals surface area (Å²) >= 11 is -5.23. The second kappa shape index (κ2) is 21.2. The van der Waals surface area contributed by atoms with Crippen LogP contribution >= 0.6 is 17.0 Å². The predicted molar refractivity (Wildman–Crippen MR) is 293 cm³/mol. The second-order valence-electron chi connectivity index (χ2n) is 23.2. The third kappa shape index (κ3) is 10.3. The van der Waals surface area contributed by atoms with Gasteiger partial charge in [0.05, 0.1) is 0 Å². The molecule has 0 bridgehead atoms. The number of hydrogen-bond acceptors (Lipinski definition) is 0. The molecule has 0 spiro atoms. The van der Waals surface area contributed by atoms with E-state index in [2.05, 4.69) is 140 Å². The molecule has 4 aliphatic rings. The van der Waals surface area contributed by atoms with E-state index >= 15 is 0 Å². The summed E-state index contributed by atoms with van der Waals surface area (Å²) in [6, 6.07) is 28.9. The van der Waals surface area contributed by atoms with Crippen LogP contribution in [0.25, 0.3) is 34.4 Å². The summed E-state index contributed by atoms with van der Waals surface area (Å²) in [5, 5.41) is 0. The Labute approximate surface area is 412 Å². The van der Waals surface area contributed by atoms with Crippen LogP contribution in [0, 0.1) is 38.5 Å². The van der Waals surface area contributed by atoms with E-state index in [1.807, 2.05) is 0 Å². The molecule has 0 radical (unpaired) electrons. The van der Waals surface area contributed by atoms with Crippen molar-refractivity contribution in [2.45, 2.75) is 203 Å². The first-order valence-corrected chi connectivity index (χ1v) is 43.4. The number of hydrogen-bond donors (Lipinski definition) is 0. The van der Waals surface area contributed by atoms with Gasteiger partial charge in [-0.2, -0.15) is 0 Å². The molecule has 4 aromatic rings. The standard InChI is InChI=1S/2C30H39.C2H7Si.2ClH.Zr/c2*1-4-14-30(15-9-7-5-6-8-10-16-30)22-25-20-26-12-11-13-28(29(26)21-25)27-18-23(2)17-24(3)19-27;1-3-2;;;/h2*11-13,17-21H,4-10,14-16,22H2,1-3H3;3H,1-2H3;2*1H;/q;;;;;+2/p-2. The average molecular weight is 1020 g/mol. The van der Waals surface area contributed by atoms with E-state index in [9.17, 15) is 17.0 Å². The molecule has 4 aromatic carbocycles. The van der Waals surface area contributed by atoms with Crippen LogP contribution < -0.4 is 0 Å². The molecule has 4 aliphatic carbocycles. The third-order valence-electron chi connectivity index (χ3n) is 17.6. The summed E-state index contributed by atoms with van der Waals surface area (Å²) in [4.78, 5) is 0.